The molecule has 4 N–H and O–H groups in total. The fourth-order valence-corrected chi connectivity index (χ4v) is 6.80. The van der Waals surface area contributed by atoms with Crippen molar-refractivity contribution in [3.63, 3.8) is 0 Å². The molecule has 0 aromatic heterocycles. The van der Waals surface area contributed by atoms with Crippen LogP contribution in [0.4, 0.5) is 5.69 Å². The van der Waals surface area contributed by atoms with Gasteiger partial charge < -0.3 is 25.7 Å². The maximum absolute atomic E-state index is 13.7. The van der Waals surface area contributed by atoms with Crippen molar-refractivity contribution >= 4 is 34.7 Å². The molecule has 0 radical (unpaired) electrons. The fraction of sp³-hybridized carbons (Fsp3) is 0.577. The summed E-state index contributed by atoms with van der Waals surface area (Å²) in [5.74, 6) is -9.81. The molecule has 36 heavy (non-hydrogen) atoms. The summed E-state index contributed by atoms with van der Waals surface area (Å²) >= 11 is 0. The lowest BCUT2D eigenvalue weighted by atomic mass is 9.54. The van der Waals surface area contributed by atoms with E-state index in [1.165, 1.54) is 0 Å². The number of ketones is 4. The molecule has 0 bridgehead atoms. The second-order valence-corrected chi connectivity index (χ2v) is 10.9. The molecule has 1 saturated heterocycles. The van der Waals surface area contributed by atoms with Crippen LogP contribution in [0.25, 0.3) is 0 Å². The van der Waals surface area contributed by atoms with Gasteiger partial charge in [0.1, 0.15) is 5.75 Å². The third-order valence-corrected chi connectivity index (χ3v) is 8.87. The Balaban J connectivity index is 1.50. The number of piperidine rings is 1. The number of phenolic OH excluding ortho intramolecular Hbond substituents is 1. The number of benzene rings is 1. The number of hydrogen-bond acceptors (Lipinski definition) is 9. The Labute approximate surface area is 208 Å². The van der Waals surface area contributed by atoms with Crippen molar-refractivity contribution in [1.82, 2.24) is 4.90 Å². The van der Waals surface area contributed by atoms with Crippen LogP contribution in [0, 0.1) is 23.7 Å². The molecule has 1 heterocycles. The first-order valence-electron chi connectivity index (χ1n) is 12.4. The van der Waals surface area contributed by atoms with Crippen LogP contribution in [0.1, 0.15) is 41.6 Å². The Morgan fingerprint density at radius 1 is 1.11 bits per heavy atom. The standard InChI is InChI=1S/C26H31N3O7/c1-28-7-5-15(6-8-28)29(2)16-4-3-12-9-13-10-14-11-17(30)20(25(27)35)24(34)26(14,36)23(33)19(13)22(32)18(12)21(16)31/h3-4,13-15,19-20,31,36H,5-11H2,1-2H3,(H2,27,35)/t13-,14-,19?,20?,26-/m0/s1. The molecule has 2 unspecified atom stereocenters. The molecule has 10 nitrogen and oxygen atoms in total. The molecule has 1 aromatic rings. The maximum Gasteiger partial charge on any atom is 0.235 e. The lowest BCUT2D eigenvalue weighted by Gasteiger charge is -2.48. The number of carbonyl (C=O) groups is 5. The van der Waals surface area contributed by atoms with E-state index in [2.05, 4.69) is 11.9 Å². The topological polar surface area (TPSA) is 158 Å². The van der Waals surface area contributed by atoms with Gasteiger partial charge in [-0.25, -0.2) is 0 Å². The minimum Gasteiger partial charge on any atom is -0.505 e. The summed E-state index contributed by atoms with van der Waals surface area (Å²) in [7, 11) is 3.92. The monoisotopic (exact) mass is 497 g/mol. The second kappa shape index (κ2) is 8.48. The molecule has 1 aromatic carbocycles. The summed E-state index contributed by atoms with van der Waals surface area (Å²) in [5, 5.41) is 22.5. The first-order chi connectivity index (χ1) is 17.0. The Morgan fingerprint density at radius 3 is 2.42 bits per heavy atom. The molecular weight excluding hydrogens is 466 g/mol. The van der Waals surface area contributed by atoms with Gasteiger partial charge >= 0.3 is 0 Å². The van der Waals surface area contributed by atoms with E-state index in [0.29, 0.717) is 11.3 Å². The molecule has 5 atom stereocenters. The summed E-state index contributed by atoms with van der Waals surface area (Å²) in [4.78, 5) is 68.6. The Bertz CT molecular complexity index is 1190. The molecule has 3 fully saturated rings. The minimum absolute atomic E-state index is 0.0368. The number of nitrogens with zero attached hydrogens (tertiary/aromatic N) is 2. The molecule has 192 valence electrons. The largest absolute Gasteiger partial charge is 0.505 e. The Kier molecular flexibility index (Phi) is 5.79. The summed E-state index contributed by atoms with van der Waals surface area (Å²) in [5.41, 5.74) is 3.72. The van der Waals surface area contributed by atoms with Gasteiger partial charge in [0.25, 0.3) is 0 Å². The second-order valence-electron chi connectivity index (χ2n) is 10.9. The lowest BCUT2D eigenvalue weighted by Crippen LogP contribution is -2.68. The van der Waals surface area contributed by atoms with Crippen molar-refractivity contribution in [2.24, 2.45) is 29.4 Å². The third-order valence-electron chi connectivity index (χ3n) is 8.87. The van der Waals surface area contributed by atoms with Gasteiger partial charge in [0.15, 0.2) is 34.7 Å². The van der Waals surface area contributed by atoms with E-state index in [-0.39, 0.29) is 36.6 Å². The van der Waals surface area contributed by atoms with Crippen LogP contribution in [0.15, 0.2) is 12.1 Å². The minimum atomic E-state index is -2.62. The lowest BCUT2D eigenvalue weighted by molar-refractivity contribution is -0.175. The first-order valence-corrected chi connectivity index (χ1v) is 12.4. The maximum atomic E-state index is 13.7. The predicted molar refractivity (Wildman–Crippen MR) is 127 cm³/mol. The molecule has 2 saturated carbocycles. The van der Waals surface area contributed by atoms with Crippen molar-refractivity contribution in [3.05, 3.63) is 23.3 Å². The van der Waals surface area contributed by atoms with Crippen molar-refractivity contribution in [3.8, 4) is 5.75 Å². The van der Waals surface area contributed by atoms with Gasteiger partial charge in [-0.3, -0.25) is 24.0 Å². The smallest absolute Gasteiger partial charge is 0.235 e. The number of hydrogen-bond donors (Lipinski definition) is 3. The fourth-order valence-electron chi connectivity index (χ4n) is 6.80. The molecule has 0 spiro atoms. The van der Waals surface area contributed by atoms with Gasteiger partial charge in [-0.15, -0.1) is 0 Å². The molecule has 1 aliphatic heterocycles. The number of primary amides is 1. The SMILES string of the molecule is CN1CCC(N(C)c2ccc3c(c2O)C(=O)C2C(=O)[C@]4(O)C(=O)C(C(N)=O)C(=O)C[C@@H]4C[C@@H]2C3)CC1. The Morgan fingerprint density at radius 2 is 1.78 bits per heavy atom. The van der Waals surface area contributed by atoms with Crippen molar-refractivity contribution in [2.45, 2.75) is 43.7 Å². The molecule has 3 aliphatic carbocycles. The molecule has 4 aliphatic rings. The van der Waals surface area contributed by atoms with Crippen LogP contribution >= 0.6 is 0 Å². The van der Waals surface area contributed by atoms with E-state index < -0.39 is 58.3 Å². The normalized spacial score (nSPS) is 33.1. The number of anilines is 1. The third kappa shape index (κ3) is 3.42. The average Bonchev–Trinajstić information content (AvgIpc) is 2.81. The van der Waals surface area contributed by atoms with Crippen molar-refractivity contribution in [2.75, 3.05) is 32.1 Å². The van der Waals surface area contributed by atoms with Gasteiger partial charge in [-0.2, -0.15) is 0 Å². The zero-order chi connectivity index (χ0) is 26.1. The number of fused-ring (bicyclic) bond motifs is 3. The van der Waals surface area contributed by atoms with E-state index in [9.17, 15) is 34.2 Å². The van der Waals surface area contributed by atoms with Crippen LogP contribution in [0.3, 0.4) is 0 Å². The number of rotatable bonds is 3. The van der Waals surface area contributed by atoms with Crippen LogP contribution in [-0.2, 0) is 25.6 Å². The number of carbonyl (C=O) groups excluding carboxylic acids is 5. The van der Waals surface area contributed by atoms with Gasteiger partial charge in [0.05, 0.1) is 17.2 Å². The number of nitrogens with two attached hydrogens (primary N) is 1. The molecule has 1 amide bonds. The zero-order valence-corrected chi connectivity index (χ0v) is 20.4. The predicted octanol–water partition coefficient (Wildman–Crippen LogP) is -0.143. The van der Waals surface area contributed by atoms with Gasteiger partial charge in [-0.1, -0.05) is 6.07 Å². The number of Topliss-reactive ketones (excluding diaryl/α,β-unsaturated/α-hetero) is 4. The number of aliphatic hydroxyl groups is 1. The summed E-state index contributed by atoms with van der Waals surface area (Å²) in [6.45, 7) is 1.83. The first kappa shape index (κ1) is 24.6. The quantitative estimate of drug-likeness (QED) is 0.483. The number of likely N-dealkylation sites (tertiary alicyclic amines) is 1. The van der Waals surface area contributed by atoms with Gasteiger partial charge in [0.2, 0.25) is 5.91 Å². The number of phenols is 1. The molecule has 10 heteroatoms. The zero-order valence-electron chi connectivity index (χ0n) is 20.4. The highest BCUT2D eigenvalue weighted by Gasteiger charge is 2.66. The summed E-state index contributed by atoms with van der Waals surface area (Å²) in [6, 6.07) is 3.75. The van der Waals surface area contributed by atoms with Crippen molar-refractivity contribution < 1.29 is 34.2 Å². The highest BCUT2D eigenvalue weighted by molar-refractivity contribution is 6.31. The highest BCUT2D eigenvalue weighted by Crippen LogP contribution is 2.50. The molecular formula is C26H31N3O7. The highest BCUT2D eigenvalue weighted by atomic mass is 16.3. The van der Waals surface area contributed by atoms with E-state index in [1.807, 2.05) is 11.9 Å². The summed E-state index contributed by atoms with van der Waals surface area (Å²) < 4.78 is 0. The van der Waals surface area contributed by atoms with E-state index >= 15 is 0 Å². The van der Waals surface area contributed by atoms with Crippen LogP contribution in [0.5, 0.6) is 5.75 Å². The molecule has 5 rings (SSSR count). The van der Waals surface area contributed by atoms with Crippen molar-refractivity contribution in [1.29, 1.82) is 0 Å². The Hall–Kier alpha value is -3.11. The number of aromatic hydroxyl groups is 1. The van der Waals surface area contributed by atoms with Crippen LogP contribution in [0.2, 0.25) is 0 Å². The van der Waals surface area contributed by atoms with E-state index in [1.54, 1.807) is 12.1 Å². The van der Waals surface area contributed by atoms with Crippen LogP contribution in [-0.4, -0.2) is 83.0 Å². The van der Waals surface area contributed by atoms with Gasteiger partial charge in [0, 0.05) is 25.4 Å². The van der Waals surface area contributed by atoms with Gasteiger partial charge in [-0.05, 0) is 63.4 Å². The van der Waals surface area contributed by atoms with E-state index in [4.69, 9.17) is 5.73 Å². The van der Waals surface area contributed by atoms with E-state index in [0.717, 1.165) is 25.9 Å². The van der Waals surface area contributed by atoms with Crippen LogP contribution < -0.4 is 10.6 Å². The number of amides is 1. The average molecular weight is 498 g/mol. The summed E-state index contributed by atoms with van der Waals surface area (Å²) in [6.07, 6.45) is 1.85.